The molecule has 1 atom stereocenters. The van der Waals surface area contributed by atoms with Gasteiger partial charge in [-0.25, -0.2) is 14.4 Å². The molecular weight excluding hydrogens is 379 g/mol. The number of hydrogen-bond donors (Lipinski definition) is 0. The second-order valence-electron chi connectivity index (χ2n) is 7.24. The van der Waals surface area contributed by atoms with Gasteiger partial charge in [-0.2, -0.15) is 13.7 Å². The first kappa shape index (κ1) is 17.4. The molecule has 28 heavy (non-hydrogen) atoms. The molecule has 0 N–H and O–H groups in total. The Morgan fingerprint density at radius 3 is 2.93 bits per heavy atom. The first-order chi connectivity index (χ1) is 13.7. The summed E-state index contributed by atoms with van der Waals surface area (Å²) in [4.78, 5) is 15.7. The van der Waals surface area contributed by atoms with Gasteiger partial charge >= 0.3 is 0 Å². The van der Waals surface area contributed by atoms with Crippen molar-refractivity contribution in [1.29, 1.82) is 0 Å². The summed E-state index contributed by atoms with van der Waals surface area (Å²) in [5.74, 6) is 1.78. The van der Waals surface area contributed by atoms with Gasteiger partial charge in [-0.05, 0) is 25.7 Å². The average molecular weight is 398 g/mol. The van der Waals surface area contributed by atoms with E-state index in [2.05, 4.69) is 35.5 Å². The summed E-state index contributed by atoms with van der Waals surface area (Å²) in [7, 11) is 0. The number of halogens is 1. The molecule has 1 aliphatic heterocycles. The molecule has 1 unspecified atom stereocenters. The minimum absolute atomic E-state index is 0.0167. The molecule has 0 amide bonds. The van der Waals surface area contributed by atoms with Gasteiger partial charge in [0.05, 0.1) is 36.3 Å². The van der Waals surface area contributed by atoms with Crippen LogP contribution in [0.15, 0.2) is 24.5 Å². The quantitative estimate of drug-likeness (QED) is 0.651. The van der Waals surface area contributed by atoms with Gasteiger partial charge < -0.3 is 9.64 Å². The van der Waals surface area contributed by atoms with E-state index >= 15 is 0 Å². The summed E-state index contributed by atoms with van der Waals surface area (Å²) < 4.78 is 28.1. The van der Waals surface area contributed by atoms with Gasteiger partial charge in [0.1, 0.15) is 17.3 Å². The molecule has 1 aliphatic carbocycles. The number of rotatable bonds is 5. The van der Waals surface area contributed by atoms with E-state index in [4.69, 9.17) is 4.74 Å². The Morgan fingerprint density at radius 2 is 2.14 bits per heavy atom. The summed E-state index contributed by atoms with van der Waals surface area (Å²) >= 11 is 1.14. The maximum absolute atomic E-state index is 14.2. The fourth-order valence-electron chi connectivity index (χ4n) is 3.43. The van der Waals surface area contributed by atoms with E-state index in [0.29, 0.717) is 42.3 Å². The van der Waals surface area contributed by atoms with Crippen molar-refractivity contribution < 1.29 is 9.13 Å². The Bertz CT molecular complexity index is 994. The van der Waals surface area contributed by atoms with E-state index in [9.17, 15) is 4.39 Å². The van der Waals surface area contributed by atoms with Crippen LogP contribution in [0.4, 0.5) is 10.2 Å². The van der Waals surface area contributed by atoms with Crippen LogP contribution in [0.3, 0.4) is 0 Å². The lowest BCUT2D eigenvalue weighted by atomic mass is 9.99. The molecule has 3 aromatic heterocycles. The lowest BCUT2D eigenvalue weighted by Crippen LogP contribution is -2.35. The van der Waals surface area contributed by atoms with Gasteiger partial charge in [0.15, 0.2) is 5.82 Å². The van der Waals surface area contributed by atoms with Crippen molar-refractivity contribution in [3.63, 3.8) is 0 Å². The first-order valence-corrected chi connectivity index (χ1v) is 10.1. The van der Waals surface area contributed by atoms with Crippen molar-refractivity contribution in [2.75, 3.05) is 18.1 Å². The van der Waals surface area contributed by atoms with Crippen molar-refractivity contribution >= 4 is 17.5 Å². The molecule has 144 valence electrons. The summed E-state index contributed by atoms with van der Waals surface area (Å²) in [5.41, 5.74) is 2.69. The lowest BCUT2D eigenvalue weighted by molar-refractivity contribution is 0.287. The van der Waals surface area contributed by atoms with Gasteiger partial charge in [0.2, 0.25) is 5.88 Å². The van der Waals surface area contributed by atoms with Gasteiger partial charge in [-0.15, -0.1) is 0 Å². The maximum Gasteiger partial charge on any atom is 0.218 e. The van der Waals surface area contributed by atoms with Crippen molar-refractivity contribution in [2.45, 2.75) is 32.2 Å². The van der Waals surface area contributed by atoms with Gasteiger partial charge in [0, 0.05) is 36.9 Å². The smallest absolute Gasteiger partial charge is 0.218 e. The molecule has 0 spiro atoms. The molecule has 0 saturated heterocycles. The Kier molecular flexibility index (Phi) is 4.38. The zero-order valence-corrected chi connectivity index (χ0v) is 16.2. The fraction of sp³-hybridized carbons (Fsp3) is 0.421. The number of ether oxygens (including phenoxy) is 1. The van der Waals surface area contributed by atoms with Crippen LogP contribution < -0.4 is 9.64 Å². The van der Waals surface area contributed by atoms with Gasteiger partial charge in [-0.3, -0.25) is 0 Å². The molecule has 5 rings (SSSR count). The van der Waals surface area contributed by atoms with Crippen molar-refractivity contribution in [3.05, 3.63) is 41.6 Å². The summed E-state index contributed by atoms with van der Waals surface area (Å²) in [6, 6.07) is 2.80. The number of anilines is 1. The molecule has 3 aromatic rings. The predicted octanol–water partition coefficient (Wildman–Crippen LogP) is 3.44. The molecule has 0 bridgehead atoms. The number of fused-ring (bicyclic) bond motifs is 1. The van der Waals surface area contributed by atoms with Crippen LogP contribution in [0.25, 0.3) is 11.5 Å². The molecule has 1 fully saturated rings. The van der Waals surface area contributed by atoms with E-state index in [1.807, 2.05) is 6.20 Å². The highest BCUT2D eigenvalue weighted by molar-refractivity contribution is 6.99. The number of nitrogens with zero attached hydrogens (tertiary/aromatic N) is 6. The Hall–Kier alpha value is -2.68. The van der Waals surface area contributed by atoms with Gasteiger partial charge in [0.25, 0.3) is 0 Å². The summed E-state index contributed by atoms with van der Waals surface area (Å²) in [6.45, 7) is 3.36. The molecule has 0 radical (unpaired) electrons. The molecule has 4 heterocycles. The third kappa shape index (κ3) is 3.42. The van der Waals surface area contributed by atoms with E-state index in [-0.39, 0.29) is 11.9 Å². The van der Waals surface area contributed by atoms with Crippen LogP contribution in [0.1, 0.15) is 37.1 Å². The molecule has 1 saturated carbocycles. The standard InChI is InChI=1S/C19H19FN6OS/c1-11-14-8-21-19(16-9-22-28-25-16)23-15(14)4-5-26(11)17-6-13(20)7-18(24-17)27-10-12-2-3-12/h6-9,11-12H,2-5,10H2,1H3. The number of hydrogen-bond acceptors (Lipinski definition) is 8. The Morgan fingerprint density at radius 1 is 1.25 bits per heavy atom. The molecule has 7 nitrogen and oxygen atoms in total. The Balaban J connectivity index is 1.40. The van der Waals surface area contributed by atoms with Crippen LogP contribution in [-0.2, 0) is 6.42 Å². The highest BCUT2D eigenvalue weighted by atomic mass is 32.1. The fourth-order valence-corrected chi connectivity index (χ4v) is 3.84. The molecular formula is C19H19FN6OS. The topological polar surface area (TPSA) is 76.9 Å². The minimum atomic E-state index is -0.337. The molecule has 9 heteroatoms. The normalized spacial score (nSPS) is 18.8. The summed E-state index contributed by atoms with van der Waals surface area (Å²) in [6.07, 6.45) is 6.59. The molecule has 0 aromatic carbocycles. The monoisotopic (exact) mass is 398 g/mol. The highest BCUT2D eigenvalue weighted by Crippen LogP contribution is 2.34. The molecule has 2 aliphatic rings. The van der Waals surface area contributed by atoms with E-state index in [1.54, 1.807) is 6.20 Å². The average Bonchev–Trinajstić information content (AvgIpc) is 3.37. The summed E-state index contributed by atoms with van der Waals surface area (Å²) in [5, 5.41) is 0. The van der Waals surface area contributed by atoms with Crippen molar-refractivity contribution in [1.82, 2.24) is 23.7 Å². The minimum Gasteiger partial charge on any atom is -0.477 e. The third-order valence-corrected chi connectivity index (χ3v) is 5.69. The van der Waals surface area contributed by atoms with E-state index in [0.717, 1.165) is 29.4 Å². The van der Waals surface area contributed by atoms with Gasteiger partial charge in [-0.1, -0.05) is 0 Å². The van der Waals surface area contributed by atoms with Crippen molar-refractivity contribution in [2.24, 2.45) is 5.92 Å². The van der Waals surface area contributed by atoms with Crippen molar-refractivity contribution in [3.8, 4) is 17.4 Å². The van der Waals surface area contributed by atoms with Crippen LogP contribution in [0.2, 0.25) is 0 Å². The SMILES string of the molecule is CC1c2cnc(-c3cnsn3)nc2CCN1c1cc(F)cc(OCC2CC2)n1. The third-order valence-electron chi connectivity index (χ3n) is 5.21. The van der Waals surface area contributed by atoms with E-state index < -0.39 is 0 Å². The first-order valence-electron chi connectivity index (χ1n) is 9.38. The van der Waals surface area contributed by atoms with Crippen LogP contribution >= 0.6 is 11.7 Å². The second-order valence-corrected chi connectivity index (χ2v) is 7.80. The largest absolute Gasteiger partial charge is 0.477 e. The lowest BCUT2D eigenvalue weighted by Gasteiger charge is -2.35. The Labute approximate surface area is 166 Å². The van der Waals surface area contributed by atoms with E-state index in [1.165, 1.54) is 25.0 Å². The van der Waals surface area contributed by atoms with Crippen LogP contribution in [0.5, 0.6) is 5.88 Å². The highest BCUT2D eigenvalue weighted by Gasteiger charge is 2.28. The van der Waals surface area contributed by atoms with Crippen LogP contribution in [0, 0.1) is 11.7 Å². The zero-order chi connectivity index (χ0) is 19.1. The predicted molar refractivity (Wildman–Crippen MR) is 103 cm³/mol. The number of pyridine rings is 1. The number of aromatic nitrogens is 5. The van der Waals surface area contributed by atoms with Crippen LogP contribution in [-0.4, -0.2) is 36.9 Å². The second kappa shape index (κ2) is 7.05. The maximum atomic E-state index is 14.2. The zero-order valence-electron chi connectivity index (χ0n) is 15.4.